The minimum Gasteiger partial charge on any atom is -0.493 e. The van der Waals surface area contributed by atoms with Crippen LogP contribution in [0.1, 0.15) is 32.1 Å². The molecule has 2 aliphatic heterocycles. The van der Waals surface area contributed by atoms with Gasteiger partial charge in [-0.15, -0.1) is 0 Å². The van der Waals surface area contributed by atoms with Gasteiger partial charge in [0.2, 0.25) is 5.75 Å². The molecule has 1 aromatic carbocycles. The summed E-state index contributed by atoms with van der Waals surface area (Å²) in [4.78, 5) is 17.2. The van der Waals surface area contributed by atoms with E-state index in [1.54, 1.807) is 33.5 Å². The van der Waals surface area contributed by atoms with Gasteiger partial charge in [-0.1, -0.05) is 6.42 Å². The van der Waals surface area contributed by atoms with E-state index in [1.807, 2.05) is 4.90 Å². The Morgan fingerprint density at radius 3 is 2.11 bits per heavy atom. The van der Waals surface area contributed by atoms with Crippen molar-refractivity contribution in [3.05, 3.63) is 12.1 Å². The van der Waals surface area contributed by atoms with Gasteiger partial charge in [0.1, 0.15) is 0 Å². The van der Waals surface area contributed by atoms with Crippen LogP contribution >= 0.6 is 0 Å². The fourth-order valence-corrected chi connectivity index (χ4v) is 4.18. The van der Waals surface area contributed by atoms with E-state index in [0.29, 0.717) is 28.9 Å². The van der Waals surface area contributed by atoms with Crippen LogP contribution in [-0.2, 0) is 0 Å². The average Bonchev–Trinajstić information content (AvgIpc) is 2.74. The number of rotatable bonds is 6. The molecular weight excluding hydrogens is 358 g/mol. The van der Waals surface area contributed by atoms with Crippen LogP contribution in [0.15, 0.2) is 12.1 Å². The molecule has 0 radical (unpaired) electrons. The Morgan fingerprint density at radius 1 is 0.964 bits per heavy atom. The van der Waals surface area contributed by atoms with E-state index < -0.39 is 0 Å². The molecule has 156 valence electrons. The van der Waals surface area contributed by atoms with Crippen molar-refractivity contribution in [2.24, 2.45) is 5.92 Å². The highest BCUT2D eigenvalue weighted by atomic mass is 16.5. The van der Waals surface area contributed by atoms with Crippen LogP contribution in [0.2, 0.25) is 0 Å². The number of benzene rings is 1. The van der Waals surface area contributed by atoms with Gasteiger partial charge in [-0.3, -0.25) is 0 Å². The standard InChI is InChI=1S/C21H33N3O4/c1-26-18-13-17(14-19(27-2)20(18)28-3)22-21(25)24-11-7-16(8-12-24)15-23-9-5-4-6-10-23/h13-14,16H,4-12,15H2,1-3H3,(H,22,25). The van der Waals surface area contributed by atoms with E-state index in [9.17, 15) is 4.79 Å². The number of ether oxygens (including phenoxy) is 3. The fraction of sp³-hybridized carbons (Fsp3) is 0.667. The summed E-state index contributed by atoms with van der Waals surface area (Å²) >= 11 is 0. The molecule has 0 unspecified atom stereocenters. The third kappa shape index (κ3) is 5.01. The first-order valence-corrected chi connectivity index (χ1v) is 10.2. The molecule has 7 heteroatoms. The molecule has 2 amide bonds. The predicted octanol–water partition coefficient (Wildman–Crippen LogP) is 3.44. The molecule has 0 atom stereocenters. The number of hydrogen-bond acceptors (Lipinski definition) is 5. The number of amides is 2. The predicted molar refractivity (Wildman–Crippen MR) is 110 cm³/mol. The second-order valence-corrected chi connectivity index (χ2v) is 7.64. The van der Waals surface area contributed by atoms with E-state index in [-0.39, 0.29) is 6.03 Å². The Morgan fingerprint density at radius 2 is 1.57 bits per heavy atom. The fourth-order valence-electron chi connectivity index (χ4n) is 4.18. The molecule has 2 fully saturated rings. The summed E-state index contributed by atoms with van der Waals surface area (Å²) in [7, 11) is 4.69. The SMILES string of the molecule is COc1cc(NC(=O)N2CCC(CN3CCCCC3)CC2)cc(OC)c1OC. The van der Waals surface area contributed by atoms with Crippen LogP contribution in [0.4, 0.5) is 10.5 Å². The lowest BCUT2D eigenvalue weighted by molar-refractivity contribution is 0.142. The topological polar surface area (TPSA) is 63.3 Å². The monoisotopic (exact) mass is 391 g/mol. The molecule has 7 nitrogen and oxygen atoms in total. The van der Waals surface area contributed by atoms with Gasteiger partial charge in [-0.2, -0.15) is 0 Å². The van der Waals surface area contributed by atoms with E-state index in [4.69, 9.17) is 14.2 Å². The zero-order valence-electron chi connectivity index (χ0n) is 17.3. The summed E-state index contributed by atoms with van der Waals surface area (Å²) in [6.45, 7) is 5.26. The van der Waals surface area contributed by atoms with Crippen molar-refractivity contribution in [2.75, 3.05) is 59.4 Å². The molecule has 0 aliphatic carbocycles. The lowest BCUT2D eigenvalue weighted by Gasteiger charge is -2.36. The lowest BCUT2D eigenvalue weighted by Crippen LogP contribution is -2.44. The Bertz CT molecular complexity index is 628. The highest BCUT2D eigenvalue weighted by Crippen LogP contribution is 2.40. The van der Waals surface area contributed by atoms with Gasteiger partial charge >= 0.3 is 6.03 Å². The maximum atomic E-state index is 12.7. The molecule has 3 rings (SSSR count). The van der Waals surface area contributed by atoms with Crippen LogP contribution in [0.5, 0.6) is 17.2 Å². The third-order valence-corrected chi connectivity index (χ3v) is 5.78. The van der Waals surface area contributed by atoms with Crippen molar-refractivity contribution in [1.29, 1.82) is 0 Å². The average molecular weight is 392 g/mol. The smallest absolute Gasteiger partial charge is 0.321 e. The van der Waals surface area contributed by atoms with Crippen molar-refractivity contribution >= 4 is 11.7 Å². The summed E-state index contributed by atoms with van der Waals surface area (Å²) in [6, 6.07) is 3.43. The molecule has 0 bridgehead atoms. The van der Waals surface area contributed by atoms with Gasteiger partial charge in [0.15, 0.2) is 11.5 Å². The molecule has 2 heterocycles. The van der Waals surface area contributed by atoms with Gasteiger partial charge in [0.25, 0.3) is 0 Å². The Labute approximate surface area is 167 Å². The highest BCUT2D eigenvalue weighted by molar-refractivity contribution is 5.90. The van der Waals surface area contributed by atoms with Crippen molar-refractivity contribution < 1.29 is 19.0 Å². The maximum Gasteiger partial charge on any atom is 0.321 e. The minimum absolute atomic E-state index is 0.0781. The number of carbonyl (C=O) groups is 1. The zero-order valence-corrected chi connectivity index (χ0v) is 17.3. The van der Waals surface area contributed by atoms with Crippen molar-refractivity contribution in [3.63, 3.8) is 0 Å². The first kappa shape index (κ1) is 20.6. The number of piperidine rings is 2. The van der Waals surface area contributed by atoms with E-state index in [1.165, 1.54) is 38.9 Å². The number of nitrogens with one attached hydrogen (secondary N) is 1. The molecule has 28 heavy (non-hydrogen) atoms. The number of hydrogen-bond donors (Lipinski definition) is 1. The summed E-state index contributed by atoms with van der Waals surface area (Å²) in [5.41, 5.74) is 0.634. The van der Waals surface area contributed by atoms with E-state index in [0.717, 1.165) is 25.9 Å². The quantitative estimate of drug-likeness (QED) is 0.805. The number of urea groups is 1. The first-order chi connectivity index (χ1) is 13.6. The number of nitrogens with zero attached hydrogens (tertiary/aromatic N) is 2. The van der Waals surface area contributed by atoms with Gasteiger partial charge in [-0.25, -0.2) is 4.79 Å². The molecule has 0 saturated carbocycles. The maximum absolute atomic E-state index is 12.7. The van der Waals surface area contributed by atoms with Crippen molar-refractivity contribution in [3.8, 4) is 17.2 Å². The number of likely N-dealkylation sites (tertiary alicyclic amines) is 2. The van der Waals surface area contributed by atoms with E-state index >= 15 is 0 Å². The Hall–Kier alpha value is -2.15. The summed E-state index contributed by atoms with van der Waals surface area (Å²) < 4.78 is 16.0. The van der Waals surface area contributed by atoms with E-state index in [2.05, 4.69) is 10.2 Å². The van der Waals surface area contributed by atoms with Crippen LogP contribution in [-0.4, -0.2) is 69.9 Å². The molecule has 0 spiro atoms. The molecule has 0 aromatic heterocycles. The molecule has 2 aliphatic rings. The Kier molecular flexibility index (Phi) is 7.25. The Balaban J connectivity index is 1.54. The van der Waals surface area contributed by atoms with Gasteiger partial charge < -0.3 is 29.3 Å². The molecular formula is C21H33N3O4. The normalized spacial score (nSPS) is 18.6. The number of carbonyl (C=O) groups excluding carboxylic acids is 1. The first-order valence-electron chi connectivity index (χ1n) is 10.2. The highest BCUT2D eigenvalue weighted by Gasteiger charge is 2.25. The minimum atomic E-state index is -0.0781. The number of methoxy groups -OCH3 is 3. The van der Waals surface area contributed by atoms with Gasteiger partial charge in [0, 0.05) is 31.8 Å². The molecule has 1 aromatic rings. The van der Waals surface area contributed by atoms with Crippen molar-refractivity contribution in [1.82, 2.24) is 9.80 Å². The van der Waals surface area contributed by atoms with Crippen LogP contribution in [0.25, 0.3) is 0 Å². The molecule has 1 N–H and O–H groups in total. The summed E-state index contributed by atoms with van der Waals surface area (Å²) in [5.74, 6) is 2.26. The largest absolute Gasteiger partial charge is 0.493 e. The van der Waals surface area contributed by atoms with Crippen LogP contribution in [0.3, 0.4) is 0 Å². The second kappa shape index (κ2) is 9.87. The van der Waals surface area contributed by atoms with Gasteiger partial charge in [-0.05, 0) is 44.7 Å². The third-order valence-electron chi connectivity index (χ3n) is 5.78. The molecule has 2 saturated heterocycles. The van der Waals surface area contributed by atoms with Gasteiger partial charge in [0.05, 0.1) is 27.0 Å². The summed E-state index contributed by atoms with van der Waals surface area (Å²) in [6.07, 6.45) is 6.17. The van der Waals surface area contributed by atoms with Crippen molar-refractivity contribution in [2.45, 2.75) is 32.1 Å². The van der Waals surface area contributed by atoms with Crippen LogP contribution in [0, 0.1) is 5.92 Å². The second-order valence-electron chi connectivity index (χ2n) is 7.64. The zero-order chi connectivity index (χ0) is 19.9. The number of anilines is 1. The van der Waals surface area contributed by atoms with Crippen LogP contribution < -0.4 is 19.5 Å². The summed E-state index contributed by atoms with van der Waals surface area (Å²) in [5, 5.41) is 2.97. The lowest BCUT2D eigenvalue weighted by atomic mass is 9.95.